The van der Waals surface area contributed by atoms with Gasteiger partial charge in [-0.05, 0) is 19.1 Å². The molecule has 0 spiro atoms. The number of benzene rings is 1. The van der Waals surface area contributed by atoms with E-state index in [0.717, 1.165) is 0 Å². The molecule has 0 radical (unpaired) electrons. The van der Waals surface area contributed by atoms with Gasteiger partial charge in [-0.3, -0.25) is 4.79 Å². The van der Waals surface area contributed by atoms with Crippen LogP contribution in [0.1, 0.15) is 6.92 Å². The van der Waals surface area contributed by atoms with Crippen LogP contribution in [0.4, 0.5) is 0 Å². The number of amides is 1. The zero-order valence-electron chi connectivity index (χ0n) is 14.7. The first-order chi connectivity index (χ1) is 13.1. The van der Waals surface area contributed by atoms with Crippen LogP contribution in [0.15, 0.2) is 35.4 Å². The van der Waals surface area contributed by atoms with Gasteiger partial charge in [0.05, 0.1) is 30.0 Å². The number of thioether (sulfide) groups is 1. The number of carbonyl (C=O) groups is 3. The highest BCUT2D eigenvalue weighted by Gasteiger charge is 2.30. The normalized spacial score (nSPS) is 19.9. The van der Waals surface area contributed by atoms with Gasteiger partial charge in [-0.25, -0.2) is 9.59 Å². The second kappa shape index (κ2) is 8.81. The van der Waals surface area contributed by atoms with Gasteiger partial charge in [-0.2, -0.15) is 0 Å². The molecule has 8 nitrogen and oxygen atoms in total. The van der Waals surface area contributed by atoms with Gasteiger partial charge in [0.1, 0.15) is 13.2 Å². The number of nitrogens with zero attached hydrogens (tertiary/aromatic N) is 1. The van der Waals surface area contributed by atoms with Gasteiger partial charge in [0.25, 0.3) is 0 Å². The summed E-state index contributed by atoms with van der Waals surface area (Å²) in [5.74, 6) is 0.0577. The number of fused-ring (bicyclic) bond motifs is 1. The highest BCUT2D eigenvalue weighted by molar-refractivity contribution is 8.04. The molecule has 2 aliphatic rings. The molecule has 1 saturated heterocycles. The fourth-order valence-electron chi connectivity index (χ4n) is 2.52. The number of hydrogen-bond donors (Lipinski definition) is 0. The highest BCUT2D eigenvalue weighted by Crippen LogP contribution is 2.31. The molecule has 144 valence electrons. The van der Waals surface area contributed by atoms with E-state index in [1.807, 2.05) is 6.07 Å². The van der Waals surface area contributed by atoms with Crippen molar-refractivity contribution in [2.75, 3.05) is 32.1 Å². The second-order valence-electron chi connectivity index (χ2n) is 5.60. The van der Waals surface area contributed by atoms with Crippen molar-refractivity contribution in [3.05, 3.63) is 35.4 Å². The van der Waals surface area contributed by atoms with Crippen molar-refractivity contribution in [3.8, 4) is 11.5 Å². The summed E-state index contributed by atoms with van der Waals surface area (Å²) in [6, 6.07) is 7.06. The molecule has 9 heteroatoms. The lowest BCUT2D eigenvalue weighted by molar-refractivity contribution is -0.155. The Balaban J connectivity index is 1.50. The Bertz CT molecular complexity index is 764. The number of esters is 2. The molecular weight excluding hydrogens is 374 g/mol. The second-order valence-corrected chi connectivity index (χ2v) is 6.60. The fraction of sp³-hybridized carbons (Fsp3) is 0.389. The summed E-state index contributed by atoms with van der Waals surface area (Å²) in [4.78, 5) is 37.1. The SMILES string of the molecule is CCOC(=O)C=C1SCC(=O)N1CCOC(=O)C1COc2ccccc2O1. The van der Waals surface area contributed by atoms with E-state index in [1.54, 1.807) is 25.1 Å². The molecule has 0 aromatic heterocycles. The van der Waals surface area contributed by atoms with Crippen LogP contribution in [0.25, 0.3) is 0 Å². The van der Waals surface area contributed by atoms with Crippen molar-refractivity contribution in [1.29, 1.82) is 0 Å². The molecule has 0 bridgehead atoms. The Morgan fingerprint density at radius 1 is 1.30 bits per heavy atom. The third-order valence-electron chi connectivity index (χ3n) is 3.77. The average Bonchev–Trinajstić information content (AvgIpc) is 3.01. The quantitative estimate of drug-likeness (QED) is 0.528. The van der Waals surface area contributed by atoms with E-state index < -0.39 is 18.0 Å². The molecule has 3 rings (SSSR count). The van der Waals surface area contributed by atoms with E-state index in [1.165, 1.54) is 22.7 Å². The lowest BCUT2D eigenvalue weighted by Gasteiger charge is -2.25. The molecule has 1 amide bonds. The number of rotatable bonds is 6. The van der Waals surface area contributed by atoms with Gasteiger partial charge < -0.3 is 23.8 Å². The molecule has 1 atom stereocenters. The minimum absolute atomic E-state index is 0.0210. The molecule has 27 heavy (non-hydrogen) atoms. The lowest BCUT2D eigenvalue weighted by Crippen LogP contribution is -2.39. The first-order valence-corrected chi connectivity index (χ1v) is 9.43. The summed E-state index contributed by atoms with van der Waals surface area (Å²) in [6.45, 7) is 2.14. The summed E-state index contributed by atoms with van der Waals surface area (Å²) in [5, 5.41) is 0.487. The number of carbonyl (C=O) groups excluding carboxylic acids is 3. The molecule has 0 aliphatic carbocycles. The summed E-state index contributed by atoms with van der Waals surface area (Å²) in [6.07, 6.45) is 0.411. The van der Waals surface area contributed by atoms with Gasteiger partial charge in [-0.1, -0.05) is 23.9 Å². The average molecular weight is 393 g/mol. The summed E-state index contributed by atoms with van der Waals surface area (Å²) in [5.41, 5.74) is 0. The zero-order valence-corrected chi connectivity index (χ0v) is 15.5. The predicted octanol–water partition coefficient (Wildman–Crippen LogP) is 1.35. The Morgan fingerprint density at radius 2 is 2.07 bits per heavy atom. The summed E-state index contributed by atoms with van der Waals surface area (Å²) >= 11 is 1.24. The van der Waals surface area contributed by atoms with Gasteiger partial charge >= 0.3 is 11.9 Å². The third kappa shape index (κ3) is 4.73. The van der Waals surface area contributed by atoms with Crippen molar-refractivity contribution in [1.82, 2.24) is 4.90 Å². The van der Waals surface area contributed by atoms with Crippen LogP contribution >= 0.6 is 11.8 Å². The van der Waals surface area contributed by atoms with E-state index in [-0.39, 0.29) is 38.0 Å². The number of ether oxygens (including phenoxy) is 4. The zero-order chi connectivity index (χ0) is 19.2. The standard InChI is InChI=1S/C18H19NO7S/c1-2-23-17(21)9-16-19(15(20)11-27-16)7-8-24-18(22)14-10-25-12-5-3-4-6-13(12)26-14/h3-6,9,14H,2,7-8,10-11H2,1H3. The number of hydrogen-bond acceptors (Lipinski definition) is 8. The minimum Gasteiger partial charge on any atom is -0.485 e. The van der Waals surface area contributed by atoms with Crippen LogP contribution < -0.4 is 9.47 Å². The van der Waals surface area contributed by atoms with Crippen LogP contribution in [0.3, 0.4) is 0 Å². The van der Waals surface area contributed by atoms with E-state index in [2.05, 4.69) is 0 Å². The summed E-state index contributed by atoms with van der Waals surface area (Å²) < 4.78 is 21.1. The molecule has 2 aliphatic heterocycles. The maximum Gasteiger partial charge on any atom is 0.351 e. The molecule has 1 unspecified atom stereocenters. The van der Waals surface area contributed by atoms with Gasteiger partial charge in [0, 0.05) is 0 Å². The first kappa shape index (κ1) is 19.1. The van der Waals surface area contributed by atoms with Crippen LogP contribution in [0.2, 0.25) is 0 Å². The maximum absolute atomic E-state index is 12.2. The van der Waals surface area contributed by atoms with Gasteiger partial charge in [0.2, 0.25) is 12.0 Å². The van der Waals surface area contributed by atoms with Crippen LogP contribution in [-0.4, -0.2) is 61.0 Å². The smallest absolute Gasteiger partial charge is 0.351 e. The molecule has 1 aromatic rings. The Kier molecular flexibility index (Phi) is 6.23. The van der Waals surface area contributed by atoms with Crippen LogP contribution in [-0.2, 0) is 23.9 Å². The van der Waals surface area contributed by atoms with Gasteiger partial charge in [0.15, 0.2) is 11.5 Å². The van der Waals surface area contributed by atoms with Crippen LogP contribution in [0.5, 0.6) is 11.5 Å². The minimum atomic E-state index is -0.863. The topological polar surface area (TPSA) is 91.4 Å². The molecular formula is C18H19NO7S. The van der Waals surface area contributed by atoms with E-state index in [9.17, 15) is 14.4 Å². The Labute approximate surface area is 160 Å². The maximum atomic E-state index is 12.2. The molecule has 1 aromatic carbocycles. The fourth-order valence-corrected chi connectivity index (χ4v) is 3.48. The number of para-hydroxylation sites is 2. The predicted molar refractivity (Wildman–Crippen MR) is 96.2 cm³/mol. The first-order valence-electron chi connectivity index (χ1n) is 8.45. The van der Waals surface area contributed by atoms with E-state index in [0.29, 0.717) is 16.5 Å². The van der Waals surface area contributed by atoms with Crippen molar-refractivity contribution in [3.63, 3.8) is 0 Å². The van der Waals surface area contributed by atoms with Crippen molar-refractivity contribution in [2.24, 2.45) is 0 Å². The van der Waals surface area contributed by atoms with E-state index in [4.69, 9.17) is 18.9 Å². The lowest BCUT2D eigenvalue weighted by atomic mass is 10.2. The van der Waals surface area contributed by atoms with Crippen molar-refractivity contribution >= 4 is 29.6 Å². The van der Waals surface area contributed by atoms with Crippen molar-refractivity contribution < 1.29 is 33.3 Å². The van der Waals surface area contributed by atoms with Crippen molar-refractivity contribution in [2.45, 2.75) is 13.0 Å². The molecule has 1 fully saturated rings. The molecule has 0 saturated carbocycles. The molecule has 2 heterocycles. The van der Waals surface area contributed by atoms with E-state index >= 15 is 0 Å². The monoisotopic (exact) mass is 393 g/mol. The highest BCUT2D eigenvalue weighted by atomic mass is 32.2. The van der Waals surface area contributed by atoms with Gasteiger partial charge in [-0.15, -0.1) is 0 Å². The Hall–Kier alpha value is -2.68. The summed E-state index contributed by atoms with van der Waals surface area (Å²) in [7, 11) is 0. The van der Waals surface area contributed by atoms with Crippen LogP contribution in [0, 0.1) is 0 Å². The third-order valence-corrected chi connectivity index (χ3v) is 4.79. The largest absolute Gasteiger partial charge is 0.485 e. The Morgan fingerprint density at radius 3 is 2.85 bits per heavy atom. The molecule has 0 N–H and O–H groups in total.